The van der Waals surface area contributed by atoms with Crippen molar-refractivity contribution in [2.75, 3.05) is 5.28 Å². The lowest BCUT2D eigenvalue weighted by atomic mass is 9.91. The van der Waals surface area contributed by atoms with Gasteiger partial charge in [-0.15, -0.1) is 0 Å². The first-order valence-electron chi connectivity index (χ1n) is 4.29. The van der Waals surface area contributed by atoms with Gasteiger partial charge in [-0.25, -0.2) is 0 Å². The maximum Gasteiger partial charge on any atom is 0.0389 e. The summed E-state index contributed by atoms with van der Waals surface area (Å²) < 4.78 is 14.8. The van der Waals surface area contributed by atoms with Crippen LogP contribution in [0.5, 0.6) is 0 Å². The molecule has 0 aliphatic heterocycles. The highest BCUT2D eigenvalue weighted by molar-refractivity contribution is 9.09. The van der Waals surface area contributed by atoms with Crippen molar-refractivity contribution < 1.29 is 2.74 Å². The summed E-state index contributed by atoms with van der Waals surface area (Å²) >= 11 is 3.07. The van der Waals surface area contributed by atoms with Crippen molar-refractivity contribution in [2.24, 2.45) is 5.92 Å². The van der Waals surface area contributed by atoms with E-state index in [-0.39, 0.29) is 5.92 Å². The maximum atomic E-state index is 7.41. The Hall–Kier alpha value is 0.480. The minimum absolute atomic E-state index is 0.251. The average Bonchev–Trinajstić information content (AvgIpc) is 1.88. The molecule has 0 spiro atoms. The maximum absolute atomic E-state index is 7.41. The van der Waals surface area contributed by atoms with Crippen molar-refractivity contribution in [3.63, 3.8) is 0 Å². The van der Waals surface area contributed by atoms with E-state index >= 15 is 0 Å². The predicted octanol–water partition coefficient (Wildman–Crippen LogP) is 2.96. The second-order valence-corrected chi connectivity index (χ2v) is 2.90. The molecule has 1 fully saturated rings. The van der Waals surface area contributed by atoms with Crippen LogP contribution in [0.1, 0.15) is 34.8 Å². The van der Waals surface area contributed by atoms with Crippen molar-refractivity contribution in [2.45, 2.75) is 32.1 Å². The zero-order valence-corrected chi connectivity index (χ0v) is 6.58. The molecule has 0 amide bonds. The first-order chi connectivity index (χ1) is 4.61. The van der Waals surface area contributed by atoms with Gasteiger partial charge in [0.15, 0.2) is 0 Å². The third kappa shape index (κ3) is 1.77. The summed E-state index contributed by atoms with van der Waals surface area (Å²) in [6.45, 7) is 0. The predicted molar refractivity (Wildman–Crippen MR) is 40.4 cm³/mol. The van der Waals surface area contributed by atoms with Gasteiger partial charge in [-0.3, -0.25) is 0 Å². The van der Waals surface area contributed by atoms with Crippen LogP contribution in [0.2, 0.25) is 0 Å². The number of rotatable bonds is 1. The Morgan fingerprint density at radius 1 is 1.38 bits per heavy atom. The highest BCUT2D eigenvalue weighted by atomic mass is 79.9. The number of alkyl halides is 1. The summed E-state index contributed by atoms with van der Waals surface area (Å²) in [4.78, 5) is 0. The first kappa shape index (κ1) is 4.32. The van der Waals surface area contributed by atoms with Crippen LogP contribution in [0.25, 0.3) is 0 Å². The Morgan fingerprint density at radius 3 is 2.38 bits per heavy atom. The molecule has 0 atom stereocenters. The van der Waals surface area contributed by atoms with Crippen molar-refractivity contribution in [1.82, 2.24) is 0 Å². The molecule has 0 aromatic rings. The minimum Gasteiger partial charge on any atom is -0.0925 e. The third-order valence-electron chi connectivity index (χ3n) is 1.76. The number of hydrogen-bond donors (Lipinski definition) is 0. The van der Waals surface area contributed by atoms with Gasteiger partial charge in [0.05, 0.1) is 0 Å². The molecule has 1 aliphatic carbocycles. The summed E-state index contributed by atoms with van der Waals surface area (Å²) in [6.07, 6.45) is 5.81. The minimum atomic E-state index is -1.12. The van der Waals surface area contributed by atoms with Gasteiger partial charge in [0.2, 0.25) is 0 Å². The highest BCUT2D eigenvalue weighted by Gasteiger charge is 2.10. The van der Waals surface area contributed by atoms with Crippen LogP contribution < -0.4 is 0 Å². The third-order valence-corrected chi connectivity index (χ3v) is 2.41. The summed E-state index contributed by atoms with van der Waals surface area (Å²) in [5.41, 5.74) is 0. The van der Waals surface area contributed by atoms with E-state index in [1.54, 1.807) is 0 Å². The van der Waals surface area contributed by atoms with Crippen LogP contribution in [0.4, 0.5) is 0 Å². The molecule has 0 N–H and O–H groups in total. The Bertz CT molecular complexity index is 103. The molecule has 0 heterocycles. The molecular formula is C7H13Br. The standard InChI is InChI=1S/C7H13Br/c8-6-7-4-2-1-3-5-7/h7H,1-6H2/i6D2. The lowest BCUT2D eigenvalue weighted by Gasteiger charge is -2.18. The molecule has 1 saturated carbocycles. The molecule has 0 nitrogen and oxygen atoms in total. The molecule has 0 aromatic heterocycles. The lowest BCUT2D eigenvalue weighted by Crippen LogP contribution is -2.06. The molecule has 1 aliphatic rings. The van der Waals surface area contributed by atoms with E-state index in [0.29, 0.717) is 0 Å². The second kappa shape index (κ2) is 3.49. The van der Waals surface area contributed by atoms with E-state index in [4.69, 9.17) is 2.74 Å². The van der Waals surface area contributed by atoms with Crippen LogP contribution in [-0.2, 0) is 0 Å². The lowest BCUT2D eigenvalue weighted by molar-refractivity contribution is 0.392. The number of halogens is 1. The van der Waals surface area contributed by atoms with Crippen molar-refractivity contribution in [1.29, 1.82) is 0 Å². The van der Waals surface area contributed by atoms with Crippen LogP contribution in [-0.4, -0.2) is 5.28 Å². The molecule has 0 aromatic carbocycles. The zero-order chi connectivity index (χ0) is 7.61. The van der Waals surface area contributed by atoms with Gasteiger partial charge in [-0.2, -0.15) is 0 Å². The SMILES string of the molecule is [2H]C([2H])(Br)C1CCCCC1. The molecule has 0 radical (unpaired) electrons. The van der Waals surface area contributed by atoms with Crippen molar-refractivity contribution in [3.05, 3.63) is 0 Å². The normalized spacial score (nSPS) is 29.1. The Kier molecular flexibility index (Phi) is 1.89. The highest BCUT2D eigenvalue weighted by Crippen LogP contribution is 2.24. The quantitative estimate of drug-likeness (QED) is 0.543. The van der Waals surface area contributed by atoms with Gasteiger partial charge in [0.25, 0.3) is 0 Å². The molecule has 0 bridgehead atoms. The van der Waals surface area contributed by atoms with Crippen molar-refractivity contribution in [3.8, 4) is 0 Å². The summed E-state index contributed by atoms with van der Waals surface area (Å²) in [7, 11) is 0. The molecule has 8 heavy (non-hydrogen) atoms. The van der Waals surface area contributed by atoms with Gasteiger partial charge in [0, 0.05) is 8.02 Å². The average molecular weight is 179 g/mol. The van der Waals surface area contributed by atoms with Gasteiger partial charge >= 0.3 is 0 Å². The molecule has 1 heteroatoms. The zero-order valence-electron chi connectivity index (χ0n) is 6.99. The van der Waals surface area contributed by atoms with E-state index in [0.717, 1.165) is 12.8 Å². The summed E-state index contributed by atoms with van der Waals surface area (Å²) in [5, 5.41) is -1.12. The van der Waals surface area contributed by atoms with Gasteiger partial charge < -0.3 is 0 Å². The monoisotopic (exact) mass is 178 g/mol. The van der Waals surface area contributed by atoms with E-state index in [1.807, 2.05) is 0 Å². The fourth-order valence-electron chi connectivity index (χ4n) is 1.21. The Labute approximate surface area is 62.6 Å². The number of hydrogen-bond acceptors (Lipinski definition) is 0. The first-order valence-corrected chi connectivity index (χ1v) is 4.09. The van der Waals surface area contributed by atoms with Crippen LogP contribution in [0.3, 0.4) is 0 Å². The molecular weight excluding hydrogens is 164 g/mol. The smallest absolute Gasteiger partial charge is 0.0389 e. The largest absolute Gasteiger partial charge is 0.0925 e. The van der Waals surface area contributed by atoms with Gasteiger partial charge in [-0.05, 0) is 18.8 Å². The molecule has 1 rings (SSSR count). The Balaban J connectivity index is 2.39. The van der Waals surface area contributed by atoms with E-state index < -0.39 is 5.28 Å². The van der Waals surface area contributed by atoms with Gasteiger partial charge in [0.1, 0.15) is 0 Å². The topological polar surface area (TPSA) is 0 Å². The van der Waals surface area contributed by atoms with Crippen molar-refractivity contribution >= 4 is 15.9 Å². The summed E-state index contributed by atoms with van der Waals surface area (Å²) in [5.74, 6) is 0.251. The molecule has 0 unspecified atom stereocenters. The Morgan fingerprint density at radius 2 is 2.00 bits per heavy atom. The fourth-order valence-corrected chi connectivity index (χ4v) is 1.67. The van der Waals surface area contributed by atoms with Crippen LogP contribution in [0, 0.1) is 5.92 Å². The van der Waals surface area contributed by atoms with Crippen LogP contribution >= 0.6 is 15.9 Å². The fraction of sp³-hybridized carbons (Fsp3) is 1.00. The van der Waals surface area contributed by atoms with E-state index in [1.165, 1.54) is 19.3 Å². The van der Waals surface area contributed by atoms with Crippen LogP contribution in [0.15, 0.2) is 0 Å². The van der Waals surface area contributed by atoms with E-state index in [2.05, 4.69) is 15.9 Å². The van der Waals surface area contributed by atoms with E-state index in [9.17, 15) is 0 Å². The summed E-state index contributed by atoms with van der Waals surface area (Å²) in [6, 6.07) is 0. The molecule has 48 valence electrons. The second-order valence-electron chi connectivity index (χ2n) is 2.44. The molecule has 0 saturated heterocycles. The van der Waals surface area contributed by atoms with Gasteiger partial charge in [-0.1, -0.05) is 35.2 Å².